The highest BCUT2D eigenvalue weighted by molar-refractivity contribution is 5.93. The number of carbonyl (C=O) groups excluding carboxylic acids is 1. The zero-order valence-corrected chi connectivity index (χ0v) is 16.5. The summed E-state index contributed by atoms with van der Waals surface area (Å²) in [4.78, 5) is 32.8. The monoisotopic (exact) mass is 386 g/mol. The molecule has 1 aromatic rings. The fourth-order valence-corrected chi connectivity index (χ4v) is 5.51. The van der Waals surface area contributed by atoms with E-state index in [1.54, 1.807) is 6.20 Å². The molecule has 0 unspecified atom stereocenters. The van der Waals surface area contributed by atoms with Crippen LogP contribution in [0, 0.1) is 18.8 Å². The van der Waals surface area contributed by atoms with E-state index in [4.69, 9.17) is 0 Å². The van der Waals surface area contributed by atoms with Gasteiger partial charge >= 0.3 is 5.97 Å². The van der Waals surface area contributed by atoms with Crippen LogP contribution < -0.4 is 5.32 Å². The first-order chi connectivity index (χ1) is 13.5. The normalized spacial score (nSPS) is 30.5. The Bertz CT molecular complexity index is 723. The number of hydrogen-bond donors (Lipinski definition) is 2. The number of rotatable bonds is 5. The van der Waals surface area contributed by atoms with Gasteiger partial charge in [0.25, 0.3) is 5.91 Å². The number of nitrogens with zero attached hydrogens (tertiary/aromatic N) is 3. The predicted octanol–water partition coefficient (Wildman–Crippen LogP) is 1.38. The molecule has 4 atom stereocenters. The van der Waals surface area contributed by atoms with Gasteiger partial charge in [-0.2, -0.15) is 0 Å². The molecule has 2 N–H and O–H groups in total. The lowest BCUT2D eigenvalue weighted by atomic mass is 9.72. The van der Waals surface area contributed by atoms with Gasteiger partial charge in [0, 0.05) is 43.6 Å². The van der Waals surface area contributed by atoms with Crippen molar-refractivity contribution in [1.82, 2.24) is 20.1 Å². The second kappa shape index (κ2) is 8.17. The van der Waals surface area contributed by atoms with Crippen molar-refractivity contribution in [1.29, 1.82) is 0 Å². The van der Waals surface area contributed by atoms with Gasteiger partial charge in [0.1, 0.15) is 0 Å². The van der Waals surface area contributed by atoms with Gasteiger partial charge < -0.3 is 10.4 Å². The molecular formula is C21H30N4O3. The smallest absolute Gasteiger partial charge is 0.317 e. The SMILES string of the molecule is Cc1ccc(C(=O)NC[C@H]2[C@H]3C[C@H](CN(CC(=O)O)C3)[C@@H]3CCCCN32)cn1. The minimum atomic E-state index is -0.753. The lowest BCUT2D eigenvalue weighted by Gasteiger charge is -2.56. The summed E-state index contributed by atoms with van der Waals surface area (Å²) in [5.74, 6) is 0.120. The Morgan fingerprint density at radius 3 is 2.82 bits per heavy atom. The largest absolute Gasteiger partial charge is 0.480 e. The summed E-state index contributed by atoms with van der Waals surface area (Å²) in [7, 11) is 0. The van der Waals surface area contributed by atoms with Gasteiger partial charge in [0.05, 0.1) is 12.1 Å². The van der Waals surface area contributed by atoms with Crippen molar-refractivity contribution in [2.24, 2.45) is 11.8 Å². The number of fused-ring (bicyclic) bond motifs is 4. The molecule has 28 heavy (non-hydrogen) atoms. The molecule has 0 aromatic carbocycles. The molecule has 3 aliphatic heterocycles. The molecule has 4 heterocycles. The number of amides is 1. The number of carbonyl (C=O) groups is 2. The van der Waals surface area contributed by atoms with Crippen LogP contribution in [0.15, 0.2) is 18.3 Å². The summed E-state index contributed by atoms with van der Waals surface area (Å²) in [6, 6.07) is 4.46. The molecule has 0 aliphatic carbocycles. The van der Waals surface area contributed by atoms with E-state index in [0.717, 1.165) is 31.7 Å². The van der Waals surface area contributed by atoms with Crippen molar-refractivity contribution < 1.29 is 14.7 Å². The maximum absolute atomic E-state index is 12.6. The van der Waals surface area contributed by atoms with Crippen LogP contribution in [0.3, 0.4) is 0 Å². The van der Waals surface area contributed by atoms with E-state index in [9.17, 15) is 14.7 Å². The van der Waals surface area contributed by atoms with Gasteiger partial charge in [-0.05, 0) is 56.7 Å². The molecule has 0 spiro atoms. The van der Waals surface area contributed by atoms with E-state index in [-0.39, 0.29) is 18.5 Å². The highest BCUT2D eigenvalue weighted by atomic mass is 16.4. The number of aliphatic carboxylic acids is 1. The Morgan fingerprint density at radius 1 is 1.25 bits per heavy atom. The summed E-state index contributed by atoms with van der Waals surface area (Å²) < 4.78 is 0. The molecular weight excluding hydrogens is 356 g/mol. The zero-order chi connectivity index (χ0) is 19.7. The van der Waals surface area contributed by atoms with Gasteiger partial charge in [-0.15, -0.1) is 0 Å². The fraction of sp³-hybridized carbons (Fsp3) is 0.667. The first-order valence-electron chi connectivity index (χ1n) is 10.4. The molecule has 0 saturated carbocycles. The predicted molar refractivity (Wildman–Crippen MR) is 105 cm³/mol. The highest BCUT2D eigenvalue weighted by Crippen LogP contribution is 2.40. The number of nitrogens with one attached hydrogen (secondary N) is 1. The number of carboxylic acids is 1. The third kappa shape index (κ3) is 4.05. The van der Waals surface area contributed by atoms with Crippen LogP contribution in [-0.4, -0.2) is 76.6 Å². The van der Waals surface area contributed by atoms with Crippen LogP contribution in [0.25, 0.3) is 0 Å². The minimum Gasteiger partial charge on any atom is -0.480 e. The number of aromatic nitrogens is 1. The summed E-state index contributed by atoms with van der Waals surface area (Å²) in [6.45, 7) is 5.41. The first kappa shape index (κ1) is 19.3. The van der Waals surface area contributed by atoms with Gasteiger partial charge in [-0.3, -0.25) is 24.4 Å². The van der Waals surface area contributed by atoms with E-state index in [0.29, 0.717) is 30.0 Å². The molecule has 1 aromatic heterocycles. The van der Waals surface area contributed by atoms with Crippen molar-refractivity contribution in [2.45, 2.75) is 44.7 Å². The third-order valence-corrected chi connectivity index (χ3v) is 6.70. The summed E-state index contributed by atoms with van der Waals surface area (Å²) in [5.41, 5.74) is 1.48. The van der Waals surface area contributed by atoms with Gasteiger partial charge in [-0.1, -0.05) is 6.42 Å². The lowest BCUT2D eigenvalue weighted by molar-refractivity contribution is -0.141. The van der Waals surface area contributed by atoms with Crippen LogP contribution in [0.5, 0.6) is 0 Å². The molecule has 1 amide bonds. The van der Waals surface area contributed by atoms with E-state index < -0.39 is 5.97 Å². The summed E-state index contributed by atoms with van der Waals surface area (Å²) in [6.07, 6.45) is 6.41. The second-order valence-corrected chi connectivity index (χ2v) is 8.61. The molecule has 4 rings (SSSR count). The third-order valence-electron chi connectivity index (χ3n) is 6.70. The number of hydrogen-bond acceptors (Lipinski definition) is 5. The minimum absolute atomic E-state index is 0.0821. The van der Waals surface area contributed by atoms with Crippen LogP contribution in [0.4, 0.5) is 0 Å². The Hall–Kier alpha value is -1.99. The van der Waals surface area contributed by atoms with Crippen LogP contribution in [0.1, 0.15) is 41.7 Å². The standard InChI is InChI=1S/C21H30N4O3/c1-14-5-6-15(9-22-14)21(28)23-10-19-17-8-16(11-24(12-17)13-20(26)27)18-4-2-3-7-25(18)19/h5-6,9,16-19H,2-4,7-8,10-13H2,1H3,(H,23,28)(H,26,27)/t16-,17+,18+,19+/m1/s1. The lowest BCUT2D eigenvalue weighted by Crippen LogP contribution is -2.66. The quantitative estimate of drug-likeness (QED) is 0.795. The van der Waals surface area contributed by atoms with Crippen LogP contribution in [-0.2, 0) is 4.79 Å². The number of aryl methyl sites for hydroxylation is 1. The average Bonchev–Trinajstić information content (AvgIpc) is 2.67. The Morgan fingerprint density at radius 2 is 2.07 bits per heavy atom. The molecule has 3 fully saturated rings. The Balaban J connectivity index is 1.46. The van der Waals surface area contributed by atoms with E-state index >= 15 is 0 Å². The van der Waals surface area contributed by atoms with Crippen molar-refractivity contribution in [2.75, 3.05) is 32.7 Å². The van der Waals surface area contributed by atoms with Gasteiger partial charge in [0.2, 0.25) is 0 Å². The van der Waals surface area contributed by atoms with Crippen molar-refractivity contribution in [3.63, 3.8) is 0 Å². The molecule has 7 heteroatoms. The topological polar surface area (TPSA) is 85.8 Å². The Labute approximate surface area is 166 Å². The van der Waals surface area contributed by atoms with E-state index in [1.165, 1.54) is 19.3 Å². The maximum Gasteiger partial charge on any atom is 0.317 e. The zero-order valence-electron chi connectivity index (χ0n) is 16.5. The van der Waals surface area contributed by atoms with Gasteiger partial charge in [0.15, 0.2) is 0 Å². The maximum atomic E-state index is 12.6. The van der Waals surface area contributed by atoms with Crippen LogP contribution in [0.2, 0.25) is 0 Å². The molecule has 7 nitrogen and oxygen atoms in total. The number of carboxylic acid groups (broad SMARTS) is 1. The van der Waals surface area contributed by atoms with Crippen molar-refractivity contribution in [3.8, 4) is 0 Å². The molecule has 2 bridgehead atoms. The van der Waals surface area contributed by atoms with Gasteiger partial charge in [-0.25, -0.2) is 0 Å². The summed E-state index contributed by atoms with van der Waals surface area (Å²) >= 11 is 0. The van der Waals surface area contributed by atoms with Crippen molar-refractivity contribution >= 4 is 11.9 Å². The number of pyridine rings is 1. The van der Waals surface area contributed by atoms with E-state index in [1.807, 2.05) is 19.1 Å². The second-order valence-electron chi connectivity index (χ2n) is 8.61. The van der Waals surface area contributed by atoms with Crippen LogP contribution >= 0.6 is 0 Å². The number of piperidine rings is 3. The molecule has 3 aliphatic rings. The summed E-state index contributed by atoms with van der Waals surface area (Å²) in [5, 5.41) is 12.4. The van der Waals surface area contributed by atoms with Crippen molar-refractivity contribution in [3.05, 3.63) is 29.6 Å². The van der Waals surface area contributed by atoms with E-state index in [2.05, 4.69) is 20.1 Å². The molecule has 0 radical (unpaired) electrons. The number of likely N-dealkylation sites (tertiary alicyclic amines) is 1. The average molecular weight is 386 g/mol. The first-order valence-corrected chi connectivity index (χ1v) is 10.4. The molecule has 152 valence electrons. The Kier molecular flexibility index (Phi) is 5.64. The molecule has 3 saturated heterocycles. The fourth-order valence-electron chi connectivity index (χ4n) is 5.51. The highest BCUT2D eigenvalue weighted by Gasteiger charge is 2.47.